The van der Waals surface area contributed by atoms with E-state index in [0.717, 1.165) is 21.2 Å². The fraction of sp³-hybridized carbons (Fsp3) is 0.280. The summed E-state index contributed by atoms with van der Waals surface area (Å²) in [6.07, 6.45) is 0.674. The third-order valence-corrected chi connectivity index (χ3v) is 6.55. The van der Waals surface area contributed by atoms with Crippen LogP contribution in [-0.4, -0.2) is 22.4 Å². The van der Waals surface area contributed by atoms with Crippen LogP contribution in [0, 0.1) is 6.92 Å². The lowest BCUT2D eigenvalue weighted by atomic mass is 9.85. The van der Waals surface area contributed by atoms with E-state index in [1.54, 1.807) is 22.8 Å². The molecular formula is C25H22BrNO6. The molecule has 1 aromatic heterocycles. The molecule has 0 spiro atoms. The number of phenols is 1. The van der Waals surface area contributed by atoms with Crippen molar-refractivity contribution in [2.75, 3.05) is 6.79 Å². The van der Waals surface area contributed by atoms with Crippen LogP contribution in [0.1, 0.15) is 40.3 Å². The van der Waals surface area contributed by atoms with Crippen LogP contribution < -0.4 is 15.0 Å². The molecule has 0 saturated carbocycles. The summed E-state index contributed by atoms with van der Waals surface area (Å²) in [6, 6.07) is 12.5. The van der Waals surface area contributed by atoms with E-state index in [0.29, 0.717) is 42.3 Å². The summed E-state index contributed by atoms with van der Waals surface area (Å²) in [5.41, 5.74) is 3.64. The number of carbonyl (C=O) groups excluding carboxylic acids is 1. The standard InChI is InChI=1S/C25H22BrNO6/c1-14-8-21-23(25(30)27(14)7-6-15-2-4-18(28)5-3-15)19(11-22(29)33-21)20-10-17(26)9-16-12-31-13-32-24(16)20/h2-5,8-10,19,28H,6-7,11-13H2,1H3/t19-/m1/s1. The molecule has 8 heteroatoms. The van der Waals surface area contributed by atoms with Gasteiger partial charge >= 0.3 is 5.97 Å². The number of esters is 1. The molecule has 3 heterocycles. The number of halogens is 1. The van der Waals surface area contributed by atoms with Crippen molar-refractivity contribution in [2.45, 2.75) is 38.8 Å². The number of hydrogen-bond acceptors (Lipinski definition) is 6. The summed E-state index contributed by atoms with van der Waals surface area (Å²) in [5, 5.41) is 9.51. The number of carbonyl (C=O) groups is 1. The van der Waals surface area contributed by atoms with Crippen molar-refractivity contribution >= 4 is 21.9 Å². The zero-order valence-electron chi connectivity index (χ0n) is 18.0. The van der Waals surface area contributed by atoms with E-state index in [4.69, 9.17) is 14.2 Å². The van der Waals surface area contributed by atoms with Crippen LogP contribution in [0.2, 0.25) is 0 Å². The number of phenolic OH excluding ortho intramolecular Hbond substituents is 1. The predicted octanol–water partition coefficient (Wildman–Crippen LogP) is 4.18. The lowest BCUT2D eigenvalue weighted by Crippen LogP contribution is -2.34. The van der Waals surface area contributed by atoms with Crippen molar-refractivity contribution in [2.24, 2.45) is 0 Å². The second kappa shape index (κ2) is 8.68. The van der Waals surface area contributed by atoms with E-state index >= 15 is 0 Å². The molecular weight excluding hydrogens is 490 g/mol. The second-order valence-corrected chi connectivity index (χ2v) is 9.18. The zero-order chi connectivity index (χ0) is 23.1. The van der Waals surface area contributed by atoms with E-state index in [1.165, 1.54) is 0 Å². The van der Waals surface area contributed by atoms with Gasteiger partial charge in [-0.05, 0) is 43.2 Å². The van der Waals surface area contributed by atoms with Gasteiger partial charge in [0.1, 0.15) is 17.2 Å². The van der Waals surface area contributed by atoms with Gasteiger partial charge in [0.25, 0.3) is 5.56 Å². The van der Waals surface area contributed by atoms with Crippen molar-refractivity contribution < 1.29 is 24.1 Å². The van der Waals surface area contributed by atoms with Gasteiger partial charge in [-0.2, -0.15) is 0 Å². The SMILES string of the molecule is Cc1cc2c(c(=O)n1CCc1ccc(O)cc1)[C@@H](c1cc(Br)cc3c1OCOC3)CC(=O)O2. The van der Waals surface area contributed by atoms with Crippen molar-refractivity contribution in [3.8, 4) is 17.2 Å². The number of ether oxygens (including phenoxy) is 3. The summed E-state index contributed by atoms with van der Waals surface area (Å²) < 4.78 is 19.2. The normalized spacial score (nSPS) is 17.0. The smallest absolute Gasteiger partial charge is 0.312 e. The van der Waals surface area contributed by atoms with E-state index < -0.39 is 5.92 Å². The van der Waals surface area contributed by atoms with Crippen molar-refractivity contribution in [1.29, 1.82) is 0 Å². The van der Waals surface area contributed by atoms with Gasteiger partial charge in [0.05, 0.1) is 18.6 Å². The minimum Gasteiger partial charge on any atom is -0.508 e. The van der Waals surface area contributed by atoms with Crippen LogP contribution in [0.3, 0.4) is 0 Å². The number of aromatic nitrogens is 1. The van der Waals surface area contributed by atoms with Crippen molar-refractivity contribution in [3.63, 3.8) is 0 Å². The highest BCUT2D eigenvalue weighted by Gasteiger charge is 2.35. The number of pyridine rings is 1. The summed E-state index contributed by atoms with van der Waals surface area (Å²) in [5.74, 6) is 0.300. The summed E-state index contributed by atoms with van der Waals surface area (Å²) in [4.78, 5) is 26.2. The quantitative estimate of drug-likeness (QED) is 0.528. The molecule has 0 amide bonds. The first-order valence-corrected chi connectivity index (χ1v) is 11.5. The third kappa shape index (κ3) is 4.16. The molecule has 0 saturated heterocycles. The Morgan fingerprint density at radius 3 is 2.73 bits per heavy atom. The molecule has 0 unspecified atom stereocenters. The van der Waals surface area contributed by atoms with Crippen molar-refractivity contribution in [3.05, 3.63) is 85.2 Å². The molecule has 0 bridgehead atoms. The molecule has 0 aliphatic carbocycles. The maximum atomic E-state index is 13.7. The number of aromatic hydroxyl groups is 1. The topological polar surface area (TPSA) is 87.0 Å². The van der Waals surface area contributed by atoms with Crippen LogP contribution in [0.25, 0.3) is 0 Å². The van der Waals surface area contributed by atoms with E-state index in [2.05, 4.69) is 15.9 Å². The van der Waals surface area contributed by atoms with E-state index in [-0.39, 0.29) is 30.5 Å². The van der Waals surface area contributed by atoms with E-state index in [9.17, 15) is 14.7 Å². The monoisotopic (exact) mass is 511 g/mol. The predicted molar refractivity (Wildman–Crippen MR) is 124 cm³/mol. The summed E-state index contributed by atoms with van der Waals surface area (Å²) in [7, 11) is 0. The Labute approximate surface area is 198 Å². The number of hydrogen-bond donors (Lipinski definition) is 1. The molecule has 1 atom stereocenters. The van der Waals surface area contributed by atoms with E-state index in [1.807, 2.05) is 31.2 Å². The average Bonchev–Trinajstić information content (AvgIpc) is 2.78. The van der Waals surface area contributed by atoms with Gasteiger partial charge in [0.2, 0.25) is 0 Å². The highest BCUT2D eigenvalue weighted by molar-refractivity contribution is 9.10. The van der Waals surface area contributed by atoms with Gasteiger partial charge in [-0.3, -0.25) is 9.59 Å². The summed E-state index contributed by atoms with van der Waals surface area (Å²) in [6.45, 7) is 2.81. The fourth-order valence-corrected chi connectivity index (χ4v) is 5.03. The first-order chi connectivity index (χ1) is 15.9. The van der Waals surface area contributed by atoms with Crippen LogP contribution >= 0.6 is 15.9 Å². The first-order valence-electron chi connectivity index (χ1n) is 10.7. The lowest BCUT2D eigenvalue weighted by Gasteiger charge is -2.29. The molecule has 33 heavy (non-hydrogen) atoms. The second-order valence-electron chi connectivity index (χ2n) is 8.26. The lowest BCUT2D eigenvalue weighted by molar-refractivity contribution is -0.135. The number of benzene rings is 2. The Morgan fingerprint density at radius 1 is 1.15 bits per heavy atom. The molecule has 2 aliphatic rings. The van der Waals surface area contributed by atoms with Gasteiger partial charge < -0.3 is 23.9 Å². The Morgan fingerprint density at radius 2 is 1.94 bits per heavy atom. The maximum Gasteiger partial charge on any atom is 0.312 e. The van der Waals surface area contributed by atoms with Crippen LogP contribution in [0.4, 0.5) is 0 Å². The Kier molecular flexibility index (Phi) is 5.72. The number of aryl methyl sites for hydroxylation is 2. The highest BCUT2D eigenvalue weighted by Crippen LogP contribution is 2.44. The molecule has 170 valence electrons. The Bertz CT molecular complexity index is 1300. The average molecular weight is 512 g/mol. The minimum atomic E-state index is -0.487. The number of fused-ring (bicyclic) bond motifs is 2. The molecule has 2 aromatic carbocycles. The van der Waals surface area contributed by atoms with Gasteiger partial charge in [-0.1, -0.05) is 28.1 Å². The molecule has 1 N–H and O–H groups in total. The molecule has 2 aliphatic heterocycles. The molecule has 3 aromatic rings. The number of nitrogens with zero attached hydrogens (tertiary/aromatic N) is 1. The molecule has 7 nitrogen and oxygen atoms in total. The van der Waals surface area contributed by atoms with Crippen LogP contribution in [-0.2, 0) is 29.1 Å². The molecule has 5 rings (SSSR count). The third-order valence-electron chi connectivity index (χ3n) is 6.09. The van der Waals surface area contributed by atoms with Gasteiger partial charge in [-0.25, -0.2) is 0 Å². The molecule has 0 fully saturated rings. The largest absolute Gasteiger partial charge is 0.508 e. The minimum absolute atomic E-state index is 0.0520. The van der Waals surface area contributed by atoms with Gasteiger partial charge in [0, 0.05) is 39.8 Å². The Balaban J connectivity index is 1.59. The fourth-order valence-electron chi connectivity index (χ4n) is 4.51. The van der Waals surface area contributed by atoms with Crippen LogP contribution in [0.5, 0.6) is 17.2 Å². The maximum absolute atomic E-state index is 13.7. The summed E-state index contributed by atoms with van der Waals surface area (Å²) >= 11 is 3.53. The van der Waals surface area contributed by atoms with Crippen LogP contribution in [0.15, 0.2) is 51.7 Å². The highest BCUT2D eigenvalue weighted by atomic mass is 79.9. The number of rotatable bonds is 4. The van der Waals surface area contributed by atoms with Gasteiger partial charge in [0.15, 0.2) is 6.79 Å². The van der Waals surface area contributed by atoms with Crippen molar-refractivity contribution in [1.82, 2.24) is 4.57 Å². The molecule has 0 radical (unpaired) electrons. The Hall–Kier alpha value is -3.10. The first kappa shape index (κ1) is 21.7. The van der Waals surface area contributed by atoms with Gasteiger partial charge in [-0.15, -0.1) is 0 Å². The zero-order valence-corrected chi connectivity index (χ0v) is 19.6.